The maximum Gasteiger partial charge on any atom is 0.238 e. The Morgan fingerprint density at radius 2 is 1.96 bits per heavy atom. The van der Waals surface area contributed by atoms with E-state index in [1.54, 1.807) is 12.1 Å². The van der Waals surface area contributed by atoms with Gasteiger partial charge in [0.15, 0.2) is 0 Å². The highest BCUT2D eigenvalue weighted by molar-refractivity contribution is 7.89. The van der Waals surface area contributed by atoms with Crippen LogP contribution in [0.15, 0.2) is 65.6 Å². The van der Waals surface area contributed by atoms with Gasteiger partial charge in [-0.15, -0.1) is 11.3 Å². The van der Waals surface area contributed by atoms with Crippen LogP contribution in [0.3, 0.4) is 0 Å². The molecule has 3 atom stereocenters. The highest BCUT2D eigenvalue weighted by Crippen LogP contribution is 2.51. The minimum Gasteiger partial charge on any atom is -0.377 e. The summed E-state index contributed by atoms with van der Waals surface area (Å²) in [4.78, 5) is 1.50. The van der Waals surface area contributed by atoms with E-state index in [4.69, 9.17) is 5.14 Å². The van der Waals surface area contributed by atoms with Gasteiger partial charge in [-0.05, 0) is 53.6 Å². The third kappa shape index (κ3) is 2.48. The number of nitrogens with two attached hydrogens (primary N) is 1. The van der Waals surface area contributed by atoms with Crippen LogP contribution >= 0.6 is 11.3 Å². The Bertz CT molecular complexity index is 1110. The predicted molar refractivity (Wildman–Crippen MR) is 106 cm³/mol. The highest BCUT2D eigenvalue weighted by Gasteiger charge is 2.39. The fourth-order valence-electron chi connectivity index (χ4n) is 4.19. The summed E-state index contributed by atoms with van der Waals surface area (Å²) in [7, 11) is -3.70. The molecule has 3 unspecified atom stereocenters. The number of allylic oxidation sites excluding steroid dienone is 2. The van der Waals surface area contributed by atoms with Crippen molar-refractivity contribution < 1.29 is 8.42 Å². The third-order valence-corrected chi connectivity index (χ3v) is 7.52. The fourth-order valence-corrected chi connectivity index (χ4v) is 5.93. The van der Waals surface area contributed by atoms with Gasteiger partial charge in [0.1, 0.15) is 0 Å². The Kier molecular flexibility index (Phi) is 3.50. The molecule has 1 aliphatic carbocycles. The number of anilines is 1. The summed E-state index contributed by atoms with van der Waals surface area (Å²) in [5.74, 6) is 0.592. The van der Waals surface area contributed by atoms with Gasteiger partial charge in [0.25, 0.3) is 0 Å². The molecule has 2 aliphatic rings. The number of rotatable bonds is 2. The van der Waals surface area contributed by atoms with Crippen molar-refractivity contribution in [2.24, 2.45) is 11.1 Å². The Hall–Kier alpha value is -2.15. The molecule has 132 valence electrons. The molecule has 5 rings (SSSR count). The maximum absolute atomic E-state index is 11.7. The number of hydrogen-bond acceptors (Lipinski definition) is 4. The first-order chi connectivity index (χ1) is 12.5. The maximum atomic E-state index is 11.7. The minimum atomic E-state index is -3.70. The first kappa shape index (κ1) is 16.1. The monoisotopic (exact) mass is 382 g/mol. The molecule has 0 amide bonds. The van der Waals surface area contributed by atoms with Crippen LogP contribution in [0, 0.1) is 5.92 Å². The Morgan fingerprint density at radius 3 is 2.77 bits per heavy atom. The van der Waals surface area contributed by atoms with Crippen LogP contribution in [0.5, 0.6) is 0 Å². The van der Waals surface area contributed by atoms with E-state index in [1.165, 1.54) is 15.0 Å². The molecule has 26 heavy (non-hydrogen) atoms. The van der Waals surface area contributed by atoms with Gasteiger partial charge in [0, 0.05) is 21.2 Å². The van der Waals surface area contributed by atoms with E-state index >= 15 is 0 Å². The fraction of sp³-hybridized carbons (Fsp3) is 0.200. The average molecular weight is 383 g/mol. The van der Waals surface area contributed by atoms with Crippen molar-refractivity contribution in [3.05, 3.63) is 71.1 Å². The number of thiophene rings is 1. The summed E-state index contributed by atoms with van der Waals surface area (Å²) in [6.07, 6.45) is 5.39. The zero-order valence-corrected chi connectivity index (χ0v) is 15.6. The summed E-state index contributed by atoms with van der Waals surface area (Å²) in [5, 5.41) is 10.3. The second kappa shape index (κ2) is 5.67. The van der Waals surface area contributed by atoms with E-state index < -0.39 is 10.0 Å². The topological polar surface area (TPSA) is 72.2 Å². The molecule has 2 heterocycles. The van der Waals surface area contributed by atoms with Gasteiger partial charge in [-0.3, -0.25) is 0 Å². The highest BCUT2D eigenvalue weighted by atomic mass is 32.2. The van der Waals surface area contributed by atoms with E-state index in [-0.39, 0.29) is 16.9 Å². The molecule has 0 radical (unpaired) electrons. The molecule has 0 spiro atoms. The molecule has 3 N–H and O–H groups in total. The van der Waals surface area contributed by atoms with E-state index in [0.29, 0.717) is 5.92 Å². The van der Waals surface area contributed by atoms with Crippen molar-refractivity contribution in [3.8, 4) is 0 Å². The van der Waals surface area contributed by atoms with Crippen molar-refractivity contribution in [1.29, 1.82) is 0 Å². The summed E-state index contributed by atoms with van der Waals surface area (Å²) >= 11 is 1.83. The van der Waals surface area contributed by atoms with Gasteiger partial charge in [-0.1, -0.05) is 30.4 Å². The molecular formula is C20H18N2O2S2. The standard InChI is InChI=1S/C20H18N2O2S2/c21-26(23,24)13-8-9-17-16(11-13)14-5-3-6-15(14)20(22-17)19-10-12-4-1-2-7-18(12)25-19/h1-5,7-11,14-15,20,22H,6H2,(H2,21,23,24). The van der Waals surface area contributed by atoms with Gasteiger partial charge in [-0.2, -0.15) is 0 Å². The molecule has 1 aliphatic heterocycles. The van der Waals surface area contributed by atoms with Crippen molar-refractivity contribution in [2.45, 2.75) is 23.3 Å². The zero-order chi connectivity index (χ0) is 17.9. The van der Waals surface area contributed by atoms with Crippen molar-refractivity contribution in [1.82, 2.24) is 0 Å². The summed E-state index contributed by atoms with van der Waals surface area (Å²) in [6.45, 7) is 0. The second-order valence-corrected chi connectivity index (χ2v) is 9.63. The van der Waals surface area contributed by atoms with Gasteiger partial charge in [0.05, 0.1) is 10.9 Å². The van der Waals surface area contributed by atoms with Gasteiger partial charge < -0.3 is 5.32 Å². The average Bonchev–Trinajstić information content (AvgIpc) is 3.26. The van der Waals surface area contributed by atoms with Crippen LogP contribution < -0.4 is 10.5 Å². The number of hydrogen-bond donors (Lipinski definition) is 2. The van der Waals surface area contributed by atoms with Crippen LogP contribution in [0.25, 0.3) is 10.1 Å². The lowest BCUT2D eigenvalue weighted by molar-refractivity contribution is 0.429. The van der Waals surface area contributed by atoms with Crippen LogP contribution in [-0.2, 0) is 10.0 Å². The number of benzene rings is 2. The molecule has 6 heteroatoms. The molecule has 2 aromatic carbocycles. The molecule has 0 bridgehead atoms. The van der Waals surface area contributed by atoms with Crippen LogP contribution in [0.1, 0.15) is 28.8 Å². The van der Waals surface area contributed by atoms with E-state index in [1.807, 2.05) is 17.4 Å². The van der Waals surface area contributed by atoms with E-state index in [2.05, 4.69) is 47.8 Å². The molecule has 1 aromatic heterocycles. The molecule has 0 saturated carbocycles. The molecule has 0 fully saturated rings. The lowest BCUT2D eigenvalue weighted by Gasteiger charge is -2.37. The molecule has 0 saturated heterocycles. The Morgan fingerprint density at radius 1 is 1.12 bits per heavy atom. The van der Waals surface area contributed by atoms with Crippen molar-refractivity contribution in [3.63, 3.8) is 0 Å². The summed E-state index contributed by atoms with van der Waals surface area (Å²) in [5.41, 5.74) is 2.01. The largest absolute Gasteiger partial charge is 0.377 e. The normalized spacial score (nSPS) is 24.3. The quantitative estimate of drug-likeness (QED) is 0.646. The number of sulfonamides is 1. The number of nitrogens with one attached hydrogen (secondary N) is 1. The smallest absolute Gasteiger partial charge is 0.238 e. The minimum absolute atomic E-state index is 0.178. The van der Waals surface area contributed by atoms with E-state index in [0.717, 1.165) is 17.7 Å². The SMILES string of the molecule is NS(=O)(=O)c1ccc2c(c1)C1C=CCC1C(c1cc3ccccc3s1)N2. The molecular weight excluding hydrogens is 364 g/mol. The van der Waals surface area contributed by atoms with Gasteiger partial charge in [-0.25, -0.2) is 13.6 Å². The molecule has 3 aromatic rings. The summed E-state index contributed by atoms with van der Waals surface area (Å²) in [6, 6.07) is 16.1. The zero-order valence-electron chi connectivity index (χ0n) is 13.9. The Labute approximate surface area is 156 Å². The third-order valence-electron chi connectivity index (χ3n) is 5.41. The van der Waals surface area contributed by atoms with E-state index in [9.17, 15) is 8.42 Å². The predicted octanol–water partition coefficient (Wildman–Crippen LogP) is 4.38. The lowest BCUT2D eigenvalue weighted by atomic mass is 9.79. The van der Waals surface area contributed by atoms with Crippen molar-refractivity contribution in [2.75, 3.05) is 5.32 Å². The van der Waals surface area contributed by atoms with Crippen molar-refractivity contribution >= 4 is 37.1 Å². The van der Waals surface area contributed by atoms with Crippen LogP contribution in [0.4, 0.5) is 5.69 Å². The van der Waals surface area contributed by atoms with Crippen LogP contribution in [0.2, 0.25) is 0 Å². The first-order valence-corrected chi connectivity index (χ1v) is 11.0. The lowest BCUT2D eigenvalue weighted by Crippen LogP contribution is -2.28. The molecule has 4 nitrogen and oxygen atoms in total. The Balaban J connectivity index is 1.61. The van der Waals surface area contributed by atoms with Gasteiger partial charge in [0.2, 0.25) is 10.0 Å². The summed E-state index contributed by atoms with van der Waals surface area (Å²) < 4.78 is 24.8. The van der Waals surface area contributed by atoms with Crippen LogP contribution in [-0.4, -0.2) is 8.42 Å². The number of primary sulfonamides is 1. The number of fused-ring (bicyclic) bond motifs is 4. The first-order valence-electron chi connectivity index (χ1n) is 8.59. The van der Waals surface area contributed by atoms with Gasteiger partial charge >= 0.3 is 0 Å². The second-order valence-electron chi connectivity index (χ2n) is 6.96.